The topological polar surface area (TPSA) is 58.6 Å². The molecule has 3 unspecified atom stereocenters. The Labute approximate surface area is 120 Å². The van der Waals surface area contributed by atoms with E-state index in [4.69, 9.17) is 4.74 Å². The van der Waals surface area contributed by atoms with Gasteiger partial charge in [-0.1, -0.05) is 25.1 Å². The van der Waals surface area contributed by atoms with Crippen LogP contribution in [-0.4, -0.2) is 30.3 Å². The third-order valence-corrected chi connectivity index (χ3v) is 3.62. The second kappa shape index (κ2) is 6.75. The van der Waals surface area contributed by atoms with Gasteiger partial charge in [0.05, 0.1) is 12.0 Å². The molecule has 0 radical (unpaired) electrons. The molecule has 1 amide bonds. The molecule has 1 aromatic rings. The Bertz CT molecular complexity index is 459. The van der Waals surface area contributed by atoms with E-state index >= 15 is 0 Å². The van der Waals surface area contributed by atoms with Crippen LogP contribution in [0.2, 0.25) is 0 Å². The first-order chi connectivity index (χ1) is 9.56. The summed E-state index contributed by atoms with van der Waals surface area (Å²) in [5.74, 6) is 1.08. The fourth-order valence-corrected chi connectivity index (χ4v) is 2.58. The fourth-order valence-electron chi connectivity index (χ4n) is 2.58. The van der Waals surface area contributed by atoms with Gasteiger partial charge in [0.15, 0.2) is 0 Å². The van der Waals surface area contributed by atoms with Crippen molar-refractivity contribution in [3.8, 4) is 5.75 Å². The minimum Gasteiger partial charge on any atom is -0.492 e. The van der Waals surface area contributed by atoms with Gasteiger partial charge in [-0.05, 0) is 37.3 Å². The number of rotatable bonds is 5. The van der Waals surface area contributed by atoms with Gasteiger partial charge in [-0.2, -0.15) is 0 Å². The van der Waals surface area contributed by atoms with E-state index in [0.29, 0.717) is 19.6 Å². The molecular formula is C16H23NO3. The molecule has 1 aliphatic rings. The number of aliphatic hydroxyl groups excluding tert-OH is 1. The first-order valence-corrected chi connectivity index (χ1v) is 7.22. The third kappa shape index (κ3) is 3.97. The molecule has 0 aliphatic carbocycles. The van der Waals surface area contributed by atoms with Crippen LogP contribution >= 0.6 is 0 Å². The molecule has 1 aromatic carbocycles. The van der Waals surface area contributed by atoms with E-state index in [0.717, 1.165) is 17.7 Å². The summed E-state index contributed by atoms with van der Waals surface area (Å²) in [6.45, 7) is 4.83. The molecular weight excluding hydrogens is 254 g/mol. The highest BCUT2D eigenvalue weighted by atomic mass is 16.5. The molecule has 1 aliphatic heterocycles. The predicted molar refractivity (Wildman–Crippen MR) is 77.6 cm³/mol. The van der Waals surface area contributed by atoms with Crippen molar-refractivity contribution in [1.29, 1.82) is 0 Å². The van der Waals surface area contributed by atoms with Crippen molar-refractivity contribution in [3.05, 3.63) is 29.8 Å². The van der Waals surface area contributed by atoms with E-state index in [-0.39, 0.29) is 23.8 Å². The maximum Gasteiger partial charge on any atom is 0.226 e. The second-order valence-corrected chi connectivity index (χ2v) is 5.75. The lowest BCUT2D eigenvalue weighted by Crippen LogP contribution is -2.39. The van der Waals surface area contributed by atoms with Gasteiger partial charge in [0.1, 0.15) is 12.4 Å². The first-order valence-electron chi connectivity index (χ1n) is 7.22. The molecule has 0 saturated carbocycles. The predicted octanol–water partition coefficient (Wildman–Crippen LogP) is 1.76. The molecule has 0 spiro atoms. The Kier molecular flexibility index (Phi) is 5.01. The Hall–Kier alpha value is -1.55. The Morgan fingerprint density at radius 3 is 2.95 bits per heavy atom. The van der Waals surface area contributed by atoms with E-state index in [1.54, 1.807) is 6.92 Å². The van der Waals surface area contributed by atoms with Crippen LogP contribution in [0.1, 0.15) is 25.8 Å². The van der Waals surface area contributed by atoms with E-state index in [2.05, 4.69) is 5.32 Å². The van der Waals surface area contributed by atoms with Crippen molar-refractivity contribution >= 4 is 5.91 Å². The number of carbonyl (C=O) groups is 1. The zero-order valence-corrected chi connectivity index (χ0v) is 12.1. The molecule has 2 rings (SSSR count). The van der Waals surface area contributed by atoms with Gasteiger partial charge in [-0.3, -0.25) is 4.79 Å². The summed E-state index contributed by atoms with van der Waals surface area (Å²) in [6.07, 6.45) is 1.10. The number of benzene rings is 1. The molecule has 4 heteroatoms. The lowest BCUT2D eigenvalue weighted by molar-refractivity contribution is -0.126. The summed E-state index contributed by atoms with van der Waals surface area (Å²) in [5, 5.41) is 12.3. The van der Waals surface area contributed by atoms with Crippen molar-refractivity contribution in [2.24, 2.45) is 11.8 Å². The molecule has 4 nitrogen and oxygen atoms in total. The maximum absolute atomic E-state index is 12.1. The number of fused-ring (bicyclic) bond motifs is 1. The fraction of sp³-hybridized carbons (Fsp3) is 0.562. The zero-order valence-electron chi connectivity index (χ0n) is 12.1. The molecule has 1 heterocycles. The molecule has 110 valence electrons. The van der Waals surface area contributed by atoms with Crippen LogP contribution in [0, 0.1) is 11.8 Å². The molecule has 0 bridgehead atoms. The van der Waals surface area contributed by atoms with E-state index in [1.807, 2.05) is 31.2 Å². The standard InChI is InChI=1S/C16H23NO3/c1-11(7-12(2)18)9-17-16(19)14-8-13-5-3-4-6-15(13)20-10-14/h3-6,11-12,14,18H,7-10H2,1-2H3,(H,17,19). The van der Waals surface area contributed by atoms with Crippen molar-refractivity contribution in [2.45, 2.75) is 32.8 Å². The minimum atomic E-state index is -0.327. The number of hydrogen-bond donors (Lipinski definition) is 2. The largest absolute Gasteiger partial charge is 0.492 e. The summed E-state index contributed by atoms with van der Waals surface area (Å²) < 4.78 is 5.63. The number of carbonyl (C=O) groups excluding carboxylic acids is 1. The highest BCUT2D eigenvalue weighted by molar-refractivity contribution is 5.79. The minimum absolute atomic E-state index is 0.0388. The Balaban J connectivity index is 1.83. The van der Waals surface area contributed by atoms with Gasteiger partial charge < -0.3 is 15.2 Å². The van der Waals surface area contributed by atoms with Crippen LogP contribution in [0.3, 0.4) is 0 Å². The van der Waals surface area contributed by atoms with E-state index in [1.165, 1.54) is 0 Å². The van der Waals surface area contributed by atoms with Crippen molar-refractivity contribution < 1.29 is 14.6 Å². The van der Waals surface area contributed by atoms with Crippen LogP contribution in [0.4, 0.5) is 0 Å². The van der Waals surface area contributed by atoms with E-state index in [9.17, 15) is 9.90 Å². The molecule has 3 atom stereocenters. The highest BCUT2D eigenvalue weighted by Gasteiger charge is 2.25. The van der Waals surface area contributed by atoms with E-state index < -0.39 is 0 Å². The van der Waals surface area contributed by atoms with Crippen molar-refractivity contribution in [2.75, 3.05) is 13.2 Å². The third-order valence-electron chi connectivity index (χ3n) is 3.62. The summed E-state index contributed by atoms with van der Waals surface area (Å²) in [7, 11) is 0. The highest BCUT2D eigenvalue weighted by Crippen LogP contribution is 2.26. The van der Waals surface area contributed by atoms with Gasteiger partial charge in [-0.15, -0.1) is 0 Å². The summed E-state index contributed by atoms with van der Waals surface area (Å²) in [5.41, 5.74) is 1.09. The van der Waals surface area contributed by atoms with Crippen LogP contribution in [0.15, 0.2) is 24.3 Å². The number of hydrogen-bond acceptors (Lipinski definition) is 3. The van der Waals surface area contributed by atoms with Gasteiger partial charge >= 0.3 is 0 Å². The maximum atomic E-state index is 12.1. The van der Waals surface area contributed by atoms with Crippen molar-refractivity contribution in [1.82, 2.24) is 5.32 Å². The number of para-hydroxylation sites is 1. The first kappa shape index (κ1) is 14.9. The van der Waals surface area contributed by atoms with Crippen LogP contribution < -0.4 is 10.1 Å². The molecule has 0 aromatic heterocycles. The smallest absolute Gasteiger partial charge is 0.226 e. The normalized spacial score (nSPS) is 20.4. The number of amides is 1. The molecule has 0 saturated heterocycles. The molecule has 2 N–H and O–H groups in total. The number of ether oxygens (including phenoxy) is 1. The average molecular weight is 277 g/mol. The average Bonchev–Trinajstić information content (AvgIpc) is 2.43. The molecule has 0 fully saturated rings. The Morgan fingerprint density at radius 2 is 2.20 bits per heavy atom. The van der Waals surface area contributed by atoms with Gasteiger partial charge in [-0.25, -0.2) is 0 Å². The SMILES string of the molecule is CC(O)CC(C)CNC(=O)C1COc2ccccc2C1. The van der Waals surface area contributed by atoms with Gasteiger partial charge in [0, 0.05) is 6.54 Å². The lowest BCUT2D eigenvalue weighted by atomic mass is 9.95. The Morgan fingerprint density at radius 1 is 1.45 bits per heavy atom. The van der Waals surface area contributed by atoms with Crippen LogP contribution in [-0.2, 0) is 11.2 Å². The number of nitrogens with one attached hydrogen (secondary N) is 1. The van der Waals surface area contributed by atoms with Crippen LogP contribution in [0.25, 0.3) is 0 Å². The van der Waals surface area contributed by atoms with Gasteiger partial charge in [0.25, 0.3) is 0 Å². The zero-order chi connectivity index (χ0) is 14.5. The summed E-state index contributed by atoms with van der Waals surface area (Å²) in [4.78, 5) is 12.1. The monoisotopic (exact) mass is 277 g/mol. The summed E-state index contributed by atoms with van der Waals surface area (Å²) >= 11 is 0. The quantitative estimate of drug-likeness (QED) is 0.862. The second-order valence-electron chi connectivity index (χ2n) is 5.75. The van der Waals surface area contributed by atoms with Gasteiger partial charge in [0.2, 0.25) is 5.91 Å². The lowest BCUT2D eigenvalue weighted by Gasteiger charge is -2.25. The summed E-state index contributed by atoms with van der Waals surface area (Å²) in [6, 6.07) is 7.85. The van der Waals surface area contributed by atoms with Crippen LogP contribution in [0.5, 0.6) is 5.75 Å². The number of aliphatic hydroxyl groups is 1. The van der Waals surface area contributed by atoms with Crippen molar-refractivity contribution in [3.63, 3.8) is 0 Å². The molecule has 20 heavy (non-hydrogen) atoms.